The van der Waals surface area contributed by atoms with Gasteiger partial charge in [0.15, 0.2) is 0 Å². The van der Waals surface area contributed by atoms with Gasteiger partial charge in [-0.05, 0) is 37.1 Å². The zero-order chi connectivity index (χ0) is 18.6. The normalized spacial score (nSPS) is 11.8. The molecule has 1 heterocycles. The highest BCUT2D eigenvalue weighted by molar-refractivity contribution is 7.18. The van der Waals surface area contributed by atoms with E-state index in [9.17, 15) is 9.18 Å². The highest BCUT2D eigenvalue weighted by Gasteiger charge is 2.21. The minimum absolute atomic E-state index is 0.298. The monoisotopic (exact) mass is 364 g/mol. The Morgan fingerprint density at radius 3 is 2.44 bits per heavy atom. The van der Waals surface area contributed by atoms with Gasteiger partial charge < -0.3 is 27.3 Å². The summed E-state index contributed by atoms with van der Waals surface area (Å²) in [5, 5.41) is 3.25. The molecule has 0 bridgehead atoms. The molecule has 0 aliphatic heterocycles. The fraction of sp³-hybridized carbons (Fsp3) is 0.235. The number of allylic oxidation sites excluding steroid dienone is 2. The molecule has 0 unspecified atom stereocenters. The van der Waals surface area contributed by atoms with Crippen LogP contribution in [-0.2, 0) is 6.54 Å². The lowest BCUT2D eigenvalue weighted by atomic mass is 10.1. The number of alkyl halides is 1. The van der Waals surface area contributed by atoms with Crippen molar-refractivity contribution in [2.75, 3.05) is 18.3 Å². The molecule has 0 saturated carbocycles. The van der Waals surface area contributed by atoms with Gasteiger partial charge >= 0.3 is 0 Å². The van der Waals surface area contributed by atoms with Crippen molar-refractivity contribution >= 4 is 33.5 Å². The Kier molecular flexibility index (Phi) is 5.87. The summed E-state index contributed by atoms with van der Waals surface area (Å²) in [5.41, 5.74) is 21.0. The molecule has 0 fully saturated rings. The third kappa shape index (κ3) is 4.21. The van der Waals surface area contributed by atoms with Gasteiger partial charge in [-0.25, -0.2) is 4.39 Å². The third-order valence-corrected chi connectivity index (χ3v) is 4.78. The maximum absolute atomic E-state index is 12.4. The van der Waals surface area contributed by atoms with E-state index in [-0.39, 0.29) is 5.91 Å². The zero-order valence-corrected chi connectivity index (χ0v) is 14.9. The second-order valence-corrected chi connectivity index (χ2v) is 6.52. The number of nitrogens with two attached hydrogens (primary N) is 3. The maximum Gasteiger partial charge on any atom is 0.263 e. The van der Waals surface area contributed by atoms with Crippen molar-refractivity contribution in [1.82, 2.24) is 5.32 Å². The van der Waals surface area contributed by atoms with Crippen LogP contribution in [0, 0.1) is 0 Å². The Morgan fingerprint density at radius 2 is 1.88 bits per heavy atom. The zero-order valence-electron chi connectivity index (χ0n) is 14.1. The number of hydrogen-bond acceptors (Lipinski definition) is 6. The molecule has 1 aromatic heterocycles. The van der Waals surface area contributed by atoms with E-state index in [0.717, 1.165) is 22.5 Å². The first-order valence-corrected chi connectivity index (χ1v) is 8.33. The number of benzene rings is 1. The molecule has 134 valence electrons. The summed E-state index contributed by atoms with van der Waals surface area (Å²) in [6.45, 7) is 2.98. The molecule has 7 N–H and O–H groups in total. The minimum atomic E-state index is -0.881. The lowest BCUT2D eigenvalue weighted by Crippen LogP contribution is -2.22. The van der Waals surface area contributed by atoms with Gasteiger partial charge in [-0.1, -0.05) is 12.1 Å². The number of carbonyl (C=O) groups is 1. The third-order valence-electron chi connectivity index (χ3n) is 3.74. The molecule has 0 saturated heterocycles. The van der Waals surface area contributed by atoms with Crippen LogP contribution >= 0.6 is 11.3 Å². The summed E-state index contributed by atoms with van der Waals surface area (Å²) in [6, 6.07) is 6.75. The standard InChI is InChI=1S/C17H21FN4O2S/c1-9(10(2)19)13-14(20)15(25-16(13)21)17(23)22-7-11-3-5-12(6-4-11)24-8-18/h3-6H,7-8,19-21H2,1-2H3,(H,22,23)/b10-9-. The van der Waals surface area contributed by atoms with Gasteiger partial charge in [-0.15, -0.1) is 11.3 Å². The second-order valence-electron chi connectivity index (χ2n) is 5.47. The van der Waals surface area contributed by atoms with E-state index in [1.807, 2.05) is 6.92 Å². The van der Waals surface area contributed by atoms with Crippen LogP contribution in [0.1, 0.15) is 34.6 Å². The topological polar surface area (TPSA) is 116 Å². The molecule has 0 atom stereocenters. The average Bonchev–Trinajstić information content (AvgIpc) is 2.88. The fourth-order valence-corrected chi connectivity index (χ4v) is 3.21. The largest absolute Gasteiger partial charge is 0.463 e. The molecule has 0 aliphatic carbocycles. The Bertz CT molecular complexity index is 796. The van der Waals surface area contributed by atoms with E-state index in [1.165, 1.54) is 0 Å². The molecule has 6 nitrogen and oxygen atoms in total. The lowest BCUT2D eigenvalue weighted by molar-refractivity contribution is 0.0956. The van der Waals surface area contributed by atoms with Gasteiger partial charge in [0.2, 0.25) is 6.86 Å². The summed E-state index contributed by atoms with van der Waals surface area (Å²) in [5.74, 6) is 0.115. The quantitative estimate of drug-likeness (QED) is 0.629. The van der Waals surface area contributed by atoms with Crippen LogP contribution in [0.25, 0.3) is 5.57 Å². The van der Waals surface area contributed by atoms with Crippen LogP contribution in [0.5, 0.6) is 5.75 Å². The number of rotatable bonds is 6. The number of anilines is 2. The Labute approximate surface area is 149 Å². The maximum atomic E-state index is 12.4. The molecule has 2 rings (SSSR count). The molecule has 0 spiro atoms. The number of ether oxygens (including phenoxy) is 1. The van der Waals surface area contributed by atoms with Crippen molar-refractivity contribution < 1.29 is 13.9 Å². The fourth-order valence-electron chi connectivity index (χ4n) is 2.24. The average molecular weight is 364 g/mol. The van der Waals surface area contributed by atoms with Gasteiger partial charge in [0.05, 0.1) is 10.7 Å². The smallest absolute Gasteiger partial charge is 0.263 e. The number of amides is 1. The first-order valence-electron chi connectivity index (χ1n) is 7.52. The minimum Gasteiger partial charge on any atom is -0.463 e. The van der Waals surface area contributed by atoms with Crippen LogP contribution in [0.2, 0.25) is 0 Å². The van der Waals surface area contributed by atoms with E-state index >= 15 is 0 Å². The van der Waals surface area contributed by atoms with Crippen molar-refractivity contribution in [2.24, 2.45) is 5.73 Å². The number of nitrogens with one attached hydrogen (secondary N) is 1. The molecule has 1 aromatic carbocycles. The molecule has 0 radical (unpaired) electrons. The van der Waals surface area contributed by atoms with Crippen LogP contribution in [0.3, 0.4) is 0 Å². The number of nitrogen functional groups attached to an aromatic ring is 2. The van der Waals surface area contributed by atoms with Crippen molar-refractivity contribution in [3.63, 3.8) is 0 Å². The number of hydrogen-bond donors (Lipinski definition) is 4. The van der Waals surface area contributed by atoms with Gasteiger partial charge in [0.25, 0.3) is 5.91 Å². The first-order chi connectivity index (χ1) is 11.8. The molecule has 0 aliphatic rings. The van der Waals surface area contributed by atoms with Crippen molar-refractivity contribution in [3.05, 3.63) is 46.0 Å². The van der Waals surface area contributed by atoms with Gasteiger partial charge in [-0.3, -0.25) is 4.79 Å². The Morgan fingerprint density at radius 1 is 1.24 bits per heavy atom. The molecular weight excluding hydrogens is 343 g/mol. The van der Waals surface area contributed by atoms with E-state index in [0.29, 0.717) is 39.1 Å². The van der Waals surface area contributed by atoms with Gasteiger partial charge in [0, 0.05) is 17.8 Å². The lowest BCUT2D eigenvalue weighted by Gasteiger charge is -2.07. The van der Waals surface area contributed by atoms with Gasteiger partial charge in [-0.2, -0.15) is 0 Å². The summed E-state index contributed by atoms with van der Waals surface area (Å²) >= 11 is 1.13. The van der Waals surface area contributed by atoms with Crippen molar-refractivity contribution in [1.29, 1.82) is 0 Å². The molecular formula is C17H21FN4O2S. The molecule has 8 heteroatoms. The summed E-state index contributed by atoms with van der Waals surface area (Å²) in [4.78, 5) is 12.8. The molecule has 1 amide bonds. The van der Waals surface area contributed by atoms with Crippen molar-refractivity contribution in [3.8, 4) is 5.75 Å². The van der Waals surface area contributed by atoms with Crippen LogP contribution in [0.15, 0.2) is 30.0 Å². The van der Waals surface area contributed by atoms with Crippen LogP contribution < -0.4 is 27.3 Å². The highest BCUT2D eigenvalue weighted by Crippen LogP contribution is 2.38. The SMILES string of the molecule is C/C(N)=C(\C)c1c(N)sc(C(=O)NCc2ccc(OCF)cc2)c1N. The summed E-state index contributed by atoms with van der Waals surface area (Å²) < 4.78 is 16.8. The predicted octanol–water partition coefficient (Wildman–Crippen LogP) is 2.86. The van der Waals surface area contributed by atoms with Crippen molar-refractivity contribution in [2.45, 2.75) is 20.4 Å². The first kappa shape index (κ1) is 18.6. The van der Waals surface area contributed by atoms with Crippen LogP contribution in [-0.4, -0.2) is 12.8 Å². The molecule has 2 aromatic rings. The van der Waals surface area contributed by atoms with E-state index in [1.54, 1.807) is 31.2 Å². The van der Waals surface area contributed by atoms with E-state index in [4.69, 9.17) is 21.9 Å². The molecule has 25 heavy (non-hydrogen) atoms. The van der Waals surface area contributed by atoms with Crippen LogP contribution in [0.4, 0.5) is 15.1 Å². The summed E-state index contributed by atoms with van der Waals surface area (Å²) in [6.07, 6.45) is 0. The second kappa shape index (κ2) is 7.89. The summed E-state index contributed by atoms with van der Waals surface area (Å²) in [7, 11) is 0. The number of halogens is 1. The number of thiophene rings is 1. The van der Waals surface area contributed by atoms with E-state index < -0.39 is 6.86 Å². The van der Waals surface area contributed by atoms with Gasteiger partial charge in [0.1, 0.15) is 10.6 Å². The van der Waals surface area contributed by atoms with E-state index in [2.05, 4.69) is 5.32 Å². The Hall–Kier alpha value is -2.74. The highest BCUT2D eigenvalue weighted by atomic mass is 32.1. The Balaban J connectivity index is 2.11. The number of carbonyl (C=O) groups excluding carboxylic acids is 1. The predicted molar refractivity (Wildman–Crippen MR) is 99.8 cm³/mol.